The molecule has 142 valence electrons. The van der Waals surface area contributed by atoms with Gasteiger partial charge in [0.2, 0.25) is 0 Å². The Bertz CT molecular complexity index is 1150. The third-order valence-corrected chi connectivity index (χ3v) is 3.83. The van der Waals surface area contributed by atoms with Gasteiger partial charge in [-0.1, -0.05) is 13.3 Å². The molecular formula is C16H14F3N5O3. The average molecular weight is 381 g/mol. The Morgan fingerprint density at radius 3 is 2.63 bits per heavy atom. The molecule has 8 nitrogen and oxygen atoms in total. The number of halogens is 3. The van der Waals surface area contributed by atoms with Crippen LogP contribution in [0.25, 0.3) is 22.2 Å². The smallest absolute Gasteiger partial charge is 0.318 e. The first kappa shape index (κ1) is 18.5. The van der Waals surface area contributed by atoms with Crippen molar-refractivity contribution >= 4 is 33.8 Å². The largest absolute Gasteiger partial charge is 0.471 e. The van der Waals surface area contributed by atoms with Gasteiger partial charge in [-0.2, -0.15) is 13.2 Å². The summed E-state index contributed by atoms with van der Waals surface area (Å²) >= 11 is 0. The third-order valence-electron chi connectivity index (χ3n) is 3.83. The zero-order valence-electron chi connectivity index (χ0n) is 14.1. The zero-order valence-corrected chi connectivity index (χ0v) is 14.1. The lowest BCUT2D eigenvalue weighted by Crippen LogP contribution is -2.35. The molecule has 2 aromatic heterocycles. The maximum Gasteiger partial charge on any atom is 0.471 e. The lowest BCUT2D eigenvalue weighted by atomic mass is 10.2. The molecule has 11 heteroatoms. The molecule has 3 aromatic rings. The predicted octanol–water partition coefficient (Wildman–Crippen LogP) is 1.93. The Balaban J connectivity index is 2.09. The lowest BCUT2D eigenvalue weighted by Gasteiger charge is -2.09. The number of carbonyl (C=O) groups is 1. The van der Waals surface area contributed by atoms with E-state index in [0.717, 1.165) is 11.0 Å². The van der Waals surface area contributed by atoms with E-state index in [1.165, 1.54) is 18.2 Å². The van der Waals surface area contributed by atoms with Crippen molar-refractivity contribution in [3.8, 4) is 0 Å². The van der Waals surface area contributed by atoms with E-state index in [9.17, 15) is 27.6 Å². The van der Waals surface area contributed by atoms with Crippen LogP contribution >= 0.6 is 0 Å². The zero-order chi connectivity index (χ0) is 19.8. The number of rotatable bonds is 4. The summed E-state index contributed by atoms with van der Waals surface area (Å²) in [4.78, 5) is 46.3. The van der Waals surface area contributed by atoms with Crippen LogP contribution in [0.5, 0.6) is 0 Å². The number of H-pyrrole nitrogens is 1. The van der Waals surface area contributed by atoms with Gasteiger partial charge in [0.25, 0.3) is 5.56 Å². The number of aromatic amines is 1. The van der Waals surface area contributed by atoms with Gasteiger partial charge in [0, 0.05) is 12.2 Å². The molecule has 0 unspecified atom stereocenters. The summed E-state index contributed by atoms with van der Waals surface area (Å²) in [5.41, 5.74) is -1.16. The van der Waals surface area contributed by atoms with E-state index in [0.29, 0.717) is 6.42 Å². The minimum Gasteiger partial charge on any atom is -0.318 e. The van der Waals surface area contributed by atoms with E-state index in [4.69, 9.17) is 0 Å². The van der Waals surface area contributed by atoms with Crippen molar-refractivity contribution in [3.05, 3.63) is 39.0 Å². The number of hydrogen-bond acceptors (Lipinski definition) is 5. The molecule has 0 radical (unpaired) electrons. The van der Waals surface area contributed by atoms with E-state index in [1.807, 2.05) is 6.92 Å². The van der Waals surface area contributed by atoms with Crippen LogP contribution in [0.3, 0.4) is 0 Å². The Morgan fingerprint density at radius 2 is 1.96 bits per heavy atom. The van der Waals surface area contributed by atoms with Gasteiger partial charge in [-0.05, 0) is 24.6 Å². The first-order valence-electron chi connectivity index (χ1n) is 8.03. The number of hydrogen-bond donors (Lipinski definition) is 2. The Hall–Kier alpha value is -3.24. The van der Waals surface area contributed by atoms with Crippen LogP contribution in [0.15, 0.2) is 27.8 Å². The third kappa shape index (κ3) is 3.66. The number of nitrogens with zero attached hydrogens (tertiary/aromatic N) is 3. The predicted molar refractivity (Wildman–Crippen MR) is 91.5 cm³/mol. The molecule has 0 atom stereocenters. The standard InChI is InChI=1S/C16H14F3N5O3/c1-2-3-6-24-13(25)11-12(23-15(24)27)22-10-7-8(4-5-9(10)21-11)20-14(26)16(17,18)19/h4-5,7H,2-3,6H2,1H3,(H,20,26)(H,22,23,27). The van der Waals surface area contributed by atoms with Crippen LogP contribution in [0.1, 0.15) is 19.8 Å². The van der Waals surface area contributed by atoms with Gasteiger partial charge in [0.05, 0.1) is 11.0 Å². The van der Waals surface area contributed by atoms with Crippen LogP contribution in [-0.2, 0) is 11.3 Å². The van der Waals surface area contributed by atoms with Crippen molar-refractivity contribution in [2.24, 2.45) is 0 Å². The molecule has 0 bridgehead atoms. The topological polar surface area (TPSA) is 110 Å². The van der Waals surface area contributed by atoms with Crippen LogP contribution in [-0.4, -0.2) is 31.6 Å². The van der Waals surface area contributed by atoms with Crippen molar-refractivity contribution in [1.29, 1.82) is 0 Å². The summed E-state index contributed by atoms with van der Waals surface area (Å²) in [6.07, 6.45) is -3.60. The van der Waals surface area contributed by atoms with Crippen molar-refractivity contribution < 1.29 is 18.0 Å². The maximum atomic E-state index is 12.5. The summed E-state index contributed by atoms with van der Waals surface area (Å²) in [6.45, 7) is 2.16. The fourth-order valence-electron chi connectivity index (χ4n) is 2.48. The van der Waals surface area contributed by atoms with Crippen LogP contribution < -0.4 is 16.6 Å². The van der Waals surface area contributed by atoms with Crippen molar-refractivity contribution in [2.45, 2.75) is 32.5 Å². The SMILES string of the molecule is CCCCn1c(=O)[nH]c2nc3cc(NC(=O)C(F)(F)F)ccc3nc2c1=O. The van der Waals surface area contributed by atoms with E-state index in [1.54, 1.807) is 5.32 Å². The second-order valence-electron chi connectivity index (χ2n) is 5.82. The van der Waals surface area contributed by atoms with Crippen LogP contribution in [0, 0.1) is 0 Å². The second kappa shape index (κ2) is 6.82. The summed E-state index contributed by atoms with van der Waals surface area (Å²) in [5, 5.41) is 1.71. The number of nitrogens with one attached hydrogen (secondary N) is 2. The molecule has 27 heavy (non-hydrogen) atoms. The number of fused-ring (bicyclic) bond motifs is 2. The van der Waals surface area contributed by atoms with Gasteiger partial charge in [-0.25, -0.2) is 14.8 Å². The second-order valence-corrected chi connectivity index (χ2v) is 5.82. The highest BCUT2D eigenvalue weighted by Gasteiger charge is 2.38. The number of amides is 1. The number of unbranched alkanes of at least 4 members (excludes halogenated alkanes) is 1. The number of anilines is 1. The first-order valence-corrected chi connectivity index (χ1v) is 8.03. The molecule has 3 rings (SSSR count). The van der Waals surface area contributed by atoms with Gasteiger partial charge < -0.3 is 5.32 Å². The van der Waals surface area contributed by atoms with E-state index < -0.39 is 23.3 Å². The summed E-state index contributed by atoms with van der Waals surface area (Å²) in [7, 11) is 0. The van der Waals surface area contributed by atoms with Crippen LogP contribution in [0.4, 0.5) is 18.9 Å². The minimum atomic E-state index is -5.03. The fourth-order valence-corrected chi connectivity index (χ4v) is 2.48. The number of aromatic nitrogens is 4. The first-order chi connectivity index (χ1) is 12.7. The summed E-state index contributed by atoms with van der Waals surface area (Å²) in [5.74, 6) is -2.12. The molecule has 1 aromatic carbocycles. The molecule has 0 aliphatic carbocycles. The molecular weight excluding hydrogens is 367 g/mol. The van der Waals surface area contributed by atoms with Gasteiger partial charge in [0.1, 0.15) is 0 Å². The van der Waals surface area contributed by atoms with Gasteiger partial charge in [0.15, 0.2) is 11.2 Å². The maximum absolute atomic E-state index is 12.5. The van der Waals surface area contributed by atoms with E-state index in [-0.39, 0.29) is 34.4 Å². The monoisotopic (exact) mass is 381 g/mol. The molecule has 1 amide bonds. The van der Waals surface area contributed by atoms with E-state index in [2.05, 4.69) is 15.0 Å². The lowest BCUT2D eigenvalue weighted by molar-refractivity contribution is -0.167. The van der Waals surface area contributed by atoms with E-state index >= 15 is 0 Å². The number of alkyl halides is 3. The molecule has 0 saturated heterocycles. The molecule has 2 heterocycles. The van der Waals surface area contributed by atoms with Crippen molar-refractivity contribution in [3.63, 3.8) is 0 Å². The summed E-state index contributed by atoms with van der Waals surface area (Å²) < 4.78 is 38.1. The van der Waals surface area contributed by atoms with Gasteiger partial charge in [-0.15, -0.1) is 0 Å². The van der Waals surface area contributed by atoms with Gasteiger partial charge in [-0.3, -0.25) is 19.1 Å². The molecule has 0 spiro atoms. The normalized spacial score (nSPS) is 11.9. The summed E-state index contributed by atoms with van der Waals surface area (Å²) in [6, 6.07) is 3.72. The number of carbonyl (C=O) groups excluding carboxylic acids is 1. The Kier molecular flexibility index (Phi) is 4.68. The van der Waals surface area contributed by atoms with Gasteiger partial charge >= 0.3 is 17.8 Å². The quantitative estimate of drug-likeness (QED) is 0.671. The fraction of sp³-hybridized carbons (Fsp3) is 0.312. The highest BCUT2D eigenvalue weighted by molar-refractivity contribution is 5.97. The molecule has 0 saturated carbocycles. The van der Waals surface area contributed by atoms with Crippen molar-refractivity contribution in [1.82, 2.24) is 19.5 Å². The highest BCUT2D eigenvalue weighted by atomic mass is 19.4. The minimum absolute atomic E-state index is 0.0507. The number of benzene rings is 1. The molecule has 0 aliphatic rings. The van der Waals surface area contributed by atoms with Crippen molar-refractivity contribution in [2.75, 3.05) is 5.32 Å². The molecule has 0 fully saturated rings. The average Bonchev–Trinajstić information content (AvgIpc) is 2.59. The van der Waals surface area contributed by atoms with Crippen LogP contribution in [0.2, 0.25) is 0 Å². The Labute approximate surface area is 149 Å². The highest BCUT2D eigenvalue weighted by Crippen LogP contribution is 2.21. The molecule has 0 aliphatic heterocycles. The Morgan fingerprint density at radius 1 is 1.22 bits per heavy atom. The molecule has 2 N–H and O–H groups in total.